The first-order valence-electron chi connectivity index (χ1n) is 8.47. The third kappa shape index (κ3) is 4.55. The highest BCUT2D eigenvalue weighted by Gasteiger charge is 2.18. The second kappa shape index (κ2) is 8.21. The van der Waals surface area contributed by atoms with E-state index >= 15 is 0 Å². The van der Waals surface area contributed by atoms with Crippen LogP contribution in [0, 0.1) is 0 Å². The molecule has 1 aromatic carbocycles. The van der Waals surface area contributed by atoms with E-state index in [0.717, 1.165) is 5.69 Å². The Morgan fingerprint density at radius 3 is 2.79 bits per heavy atom. The number of rotatable bonds is 6. The molecule has 0 aliphatic rings. The van der Waals surface area contributed by atoms with E-state index in [4.69, 9.17) is 5.73 Å². The summed E-state index contributed by atoms with van der Waals surface area (Å²) in [6.07, 6.45) is 1.62. The van der Waals surface area contributed by atoms with Gasteiger partial charge in [-0.25, -0.2) is 0 Å². The zero-order valence-corrected chi connectivity index (χ0v) is 16.8. The fourth-order valence-electron chi connectivity index (χ4n) is 2.41. The maximum absolute atomic E-state index is 11.3. The molecule has 3 rings (SSSR count). The van der Waals surface area contributed by atoms with E-state index in [2.05, 4.69) is 30.5 Å². The molecule has 1 atom stereocenters. The van der Waals surface area contributed by atoms with Gasteiger partial charge in [-0.05, 0) is 25.1 Å². The van der Waals surface area contributed by atoms with Gasteiger partial charge in [0.25, 0.3) is 0 Å². The van der Waals surface area contributed by atoms with Crippen LogP contribution in [0.4, 0.5) is 17.6 Å². The average molecular weight is 399 g/mol. The van der Waals surface area contributed by atoms with Crippen LogP contribution in [-0.2, 0) is 4.79 Å². The minimum atomic E-state index is -0.134. The number of carbonyl (C=O) groups is 1. The highest BCUT2D eigenvalue weighted by molar-refractivity contribution is 7.99. The van der Waals surface area contributed by atoms with Crippen molar-refractivity contribution in [1.29, 1.82) is 0 Å². The predicted octanol–water partition coefficient (Wildman–Crippen LogP) is 1.91. The predicted molar refractivity (Wildman–Crippen MR) is 109 cm³/mol. The Bertz CT molecular complexity index is 988. The summed E-state index contributed by atoms with van der Waals surface area (Å²) in [5.74, 6) is 1.10. The van der Waals surface area contributed by atoms with E-state index in [1.807, 2.05) is 49.9 Å². The highest BCUT2D eigenvalue weighted by Crippen LogP contribution is 2.33. The number of nitrogen functional groups attached to an aromatic ring is 1. The number of nitrogens with zero attached hydrogens (tertiary/aromatic N) is 7. The Morgan fingerprint density at radius 2 is 2.07 bits per heavy atom. The average Bonchev–Trinajstić information content (AvgIpc) is 3.09. The quantitative estimate of drug-likeness (QED) is 0.597. The molecule has 0 unspecified atom stereocenters. The molecular weight excluding hydrogens is 378 g/mol. The fourth-order valence-corrected chi connectivity index (χ4v) is 3.30. The van der Waals surface area contributed by atoms with Crippen molar-refractivity contribution in [3.63, 3.8) is 0 Å². The van der Waals surface area contributed by atoms with Crippen molar-refractivity contribution < 1.29 is 4.79 Å². The molecule has 0 radical (unpaired) electrons. The standard InChI is InChI=1S/C17H21N9OS/c1-10(14-21-15(18)23-16(22-14)25(3)4)28-17-24-19-9-26(17)13-7-5-6-12(8-13)20-11(2)27/h5-10H,1-4H3,(H,20,27)(H2,18,21,22,23)/t10-/m0/s1. The molecule has 2 heterocycles. The van der Waals surface area contributed by atoms with E-state index in [9.17, 15) is 4.79 Å². The van der Waals surface area contributed by atoms with Gasteiger partial charge in [0.2, 0.25) is 17.8 Å². The summed E-state index contributed by atoms with van der Waals surface area (Å²) >= 11 is 1.45. The Kier molecular flexibility index (Phi) is 5.73. The van der Waals surface area contributed by atoms with Crippen LogP contribution in [0.3, 0.4) is 0 Å². The van der Waals surface area contributed by atoms with Gasteiger partial charge in [-0.15, -0.1) is 10.2 Å². The minimum absolute atomic E-state index is 0.131. The maximum Gasteiger partial charge on any atom is 0.229 e. The van der Waals surface area contributed by atoms with Crippen LogP contribution in [0.15, 0.2) is 35.7 Å². The molecule has 0 fully saturated rings. The lowest BCUT2D eigenvalue weighted by molar-refractivity contribution is -0.114. The number of benzene rings is 1. The van der Waals surface area contributed by atoms with E-state index in [1.54, 1.807) is 11.2 Å². The lowest BCUT2D eigenvalue weighted by atomic mass is 10.2. The number of carbonyl (C=O) groups excluding carboxylic acids is 1. The topological polar surface area (TPSA) is 128 Å². The van der Waals surface area contributed by atoms with Crippen molar-refractivity contribution in [2.24, 2.45) is 0 Å². The smallest absolute Gasteiger partial charge is 0.229 e. The first kappa shape index (κ1) is 19.5. The molecule has 28 heavy (non-hydrogen) atoms. The summed E-state index contributed by atoms with van der Waals surface area (Å²) in [5.41, 5.74) is 7.35. The molecule has 3 aromatic rings. The second-order valence-corrected chi connectivity index (χ2v) is 7.53. The molecule has 0 aliphatic heterocycles. The molecule has 0 aliphatic carbocycles. The second-order valence-electron chi connectivity index (χ2n) is 6.22. The van der Waals surface area contributed by atoms with Gasteiger partial charge in [-0.3, -0.25) is 9.36 Å². The van der Waals surface area contributed by atoms with E-state index < -0.39 is 0 Å². The van der Waals surface area contributed by atoms with E-state index in [1.165, 1.54) is 18.7 Å². The highest BCUT2D eigenvalue weighted by atomic mass is 32.2. The summed E-state index contributed by atoms with van der Waals surface area (Å²) in [6, 6.07) is 7.44. The number of hydrogen-bond donors (Lipinski definition) is 2. The molecule has 1 amide bonds. The molecule has 3 N–H and O–H groups in total. The number of anilines is 3. The van der Waals surface area contributed by atoms with Crippen LogP contribution in [0.1, 0.15) is 24.9 Å². The van der Waals surface area contributed by atoms with Crippen molar-refractivity contribution in [2.45, 2.75) is 24.3 Å². The van der Waals surface area contributed by atoms with Crippen LogP contribution >= 0.6 is 11.8 Å². The zero-order chi connectivity index (χ0) is 20.3. The maximum atomic E-state index is 11.3. The normalized spacial score (nSPS) is 11.9. The van der Waals surface area contributed by atoms with Crippen LogP contribution in [-0.4, -0.2) is 49.7 Å². The first-order chi connectivity index (χ1) is 13.3. The summed E-state index contributed by atoms with van der Waals surface area (Å²) in [5, 5.41) is 11.5. The van der Waals surface area contributed by atoms with Gasteiger partial charge in [0.1, 0.15) is 12.2 Å². The Morgan fingerprint density at radius 1 is 1.29 bits per heavy atom. The molecule has 2 aromatic heterocycles. The monoisotopic (exact) mass is 399 g/mol. The van der Waals surface area contributed by atoms with Crippen LogP contribution in [0.25, 0.3) is 5.69 Å². The summed E-state index contributed by atoms with van der Waals surface area (Å²) in [6.45, 7) is 3.43. The van der Waals surface area contributed by atoms with E-state index in [0.29, 0.717) is 22.6 Å². The fraction of sp³-hybridized carbons (Fsp3) is 0.294. The lowest BCUT2D eigenvalue weighted by Gasteiger charge is -2.15. The molecule has 11 heteroatoms. The Labute approximate surface area is 166 Å². The molecule has 0 bridgehead atoms. The third-order valence-electron chi connectivity index (χ3n) is 3.67. The van der Waals surface area contributed by atoms with Gasteiger partial charge in [-0.2, -0.15) is 15.0 Å². The largest absolute Gasteiger partial charge is 0.368 e. The van der Waals surface area contributed by atoms with E-state index in [-0.39, 0.29) is 17.1 Å². The van der Waals surface area contributed by atoms with Gasteiger partial charge < -0.3 is 16.0 Å². The van der Waals surface area contributed by atoms with Crippen molar-refractivity contribution in [3.8, 4) is 5.69 Å². The number of hydrogen-bond acceptors (Lipinski definition) is 9. The van der Waals surface area contributed by atoms with Gasteiger partial charge in [0.05, 0.1) is 10.9 Å². The van der Waals surface area contributed by atoms with Gasteiger partial charge >= 0.3 is 0 Å². The molecule has 0 spiro atoms. The summed E-state index contributed by atoms with van der Waals surface area (Å²) < 4.78 is 1.84. The van der Waals surface area contributed by atoms with Gasteiger partial charge in [-0.1, -0.05) is 17.8 Å². The molecule has 0 saturated carbocycles. The molecular formula is C17H21N9OS. The summed E-state index contributed by atoms with van der Waals surface area (Å²) in [4.78, 5) is 25.9. The van der Waals surface area contributed by atoms with Gasteiger partial charge in [0, 0.05) is 26.7 Å². The van der Waals surface area contributed by atoms with Crippen molar-refractivity contribution in [2.75, 3.05) is 30.0 Å². The Hall–Kier alpha value is -3.21. The number of nitrogens with two attached hydrogens (primary N) is 1. The lowest BCUT2D eigenvalue weighted by Crippen LogP contribution is -2.16. The number of thioether (sulfide) groups is 1. The minimum Gasteiger partial charge on any atom is -0.368 e. The molecule has 0 saturated heterocycles. The summed E-state index contributed by atoms with van der Waals surface area (Å²) in [7, 11) is 3.68. The number of aromatic nitrogens is 6. The SMILES string of the molecule is CC(=O)Nc1cccc(-n2cnnc2S[C@@H](C)c2nc(N)nc(N(C)C)n2)c1. The van der Waals surface area contributed by atoms with Crippen molar-refractivity contribution >= 4 is 35.3 Å². The van der Waals surface area contributed by atoms with Crippen LogP contribution in [0.5, 0.6) is 0 Å². The Balaban J connectivity index is 1.86. The number of nitrogens with one attached hydrogen (secondary N) is 1. The van der Waals surface area contributed by atoms with Crippen molar-refractivity contribution in [3.05, 3.63) is 36.4 Å². The number of amides is 1. The van der Waals surface area contributed by atoms with Crippen LogP contribution in [0.2, 0.25) is 0 Å². The third-order valence-corrected chi connectivity index (χ3v) is 4.72. The first-order valence-corrected chi connectivity index (χ1v) is 9.35. The zero-order valence-electron chi connectivity index (χ0n) is 16.0. The molecule has 146 valence electrons. The molecule has 10 nitrogen and oxygen atoms in total. The van der Waals surface area contributed by atoms with Gasteiger partial charge in [0.15, 0.2) is 5.16 Å². The van der Waals surface area contributed by atoms with Crippen LogP contribution < -0.4 is 16.0 Å². The van der Waals surface area contributed by atoms with Crippen molar-refractivity contribution in [1.82, 2.24) is 29.7 Å².